The van der Waals surface area contributed by atoms with Gasteiger partial charge in [0.15, 0.2) is 17.5 Å². The monoisotopic (exact) mass is 407 g/mol. The van der Waals surface area contributed by atoms with Gasteiger partial charge in [0.25, 0.3) is 15.9 Å². The topological polar surface area (TPSA) is 130 Å². The number of ether oxygens (including phenoxy) is 3. The van der Waals surface area contributed by atoms with Crippen molar-refractivity contribution in [3.05, 3.63) is 36.0 Å². The largest absolute Gasteiger partial charge is 0.496 e. The lowest BCUT2D eigenvalue weighted by molar-refractivity contribution is 0.0653. The summed E-state index contributed by atoms with van der Waals surface area (Å²) in [4.78, 5) is 24.4. The predicted molar refractivity (Wildman–Crippen MR) is 95.4 cm³/mol. The van der Waals surface area contributed by atoms with Crippen LogP contribution in [0.15, 0.2) is 40.6 Å². The van der Waals surface area contributed by atoms with Gasteiger partial charge in [-0.15, -0.1) is 0 Å². The minimum Gasteiger partial charge on any atom is -0.496 e. The van der Waals surface area contributed by atoms with Gasteiger partial charge in [-0.05, 0) is 17.3 Å². The number of carbonyl (C=O) groups excluding carboxylic acids is 1. The highest BCUT2D eigenvalue weighted by atomic mass is 32.2. The van der Waals surface area contributed by atoms with Crippen molar-refractivity contribution in [2.24, 2.45) is 5.16 Å². The van der Waals surface area contributed by atoms with Gasteiger partial charge in [0.2, 0.25) is 5.88 Å². The number of hydrogen-bond acceptors (Lipinski definition) is 10. The van der Waals surface area contributed by atoms with Crippen molar-refractivity contribution in [2.75, 3.05) is 31.7 Å². The fourth-order valence-corrected chi connectivity index (χ4v) is 3.53. The van der Waals surface area contributed by atoms with Gasteiger partial charge >= 0.3 is 6.41 Å². The maximum Gasteiger partial charge on any atom is 0.333 e. The quantitative estimate of drug-likeness (QED) is 0.601. The molecule has 0 fully saturated rings. The number of pyridine rings is 2. The molecule has 11 nitrogen and oxygen atoms in total. The molecule has 28 heavy (non-hydrogen) atoms. The van der Waals surface area contributed by atoms with Gasteiger partial charge in [0.1, 0.15) is 12.4 Å². The Hall–Kier alpha value is -3.41. The van der Waals surface area contributed by atoms with Gasteiger partial charge < -0.3 is 19.0 Å². The van der Waals surface area contributed by atoms with Gasteiger partial charge in [-0.2, -0.15) is 17.7 Å². The van der Waals surface area contributed by atoms with E-state index in [2.05, 4.69) is 15.1 Å². The first kappa shape index (κ1) is 19.4. The number of oxime groups is 1. The van der Waals surface area contributed by atoms with E-state index in [4.69, 9.17) is 19.0 Å². The van der Waals surface area contributed by atoms with Gasteiger partial charge in [-0.25, -0.2) is 4.98 Å². The number of amides is 1. The van der Waals surface area contributed by atoms with E-state index in [1.165, 1.54) is 51.1 Å². The van der Waals surface area contributed by atoms with Crippen LogP contribution in [0.1, 0.15) is 5.56 Å². The Labute approximate surface area is 160 Å². The molecule has 3 rings (SSSR count). The molecule has 147 valence electrons. The third kappa shape index (κ3) is 3.67. The average molecular weight is 407 g/mol. The molecule has 0 N–H and O–H groups in total. The molecule has 1 radical (unpaired) electrons. The van der Waals surface area contributed by atoms with Crippen molar-refractivity contribution in [2.45, 2.75) is 5.03 Å². The Morgan fingerprint density at radius 1 is 1.21 bits per heavy atom. The van der Waals surface area contributed by atoms with Crippen molar-refractivity contribution < 1.29 is 32.3 Å². The lowest BCUT2D eigenvalue weighted by Gasteiger charge is -2.19. The van der Waals surface area contributed by atoms with Crippen molar-refractivity contribution in [1.29, 1.82) is 0 Å². The smallest absolute Gasteiger partial charge is 0.333 e. The number of anilines is 1. The minimum absolute atomic E-state index is 0.0253. The molecule has 0 aromatic carbocycles. The van der Waals surface area contributed by atoms with Crippen molar-refractivity contribution in [3.63, 3.8) is 0 Å². The first-order chi connectivity index (χ1) is 13.5. The highest BCUT2D eigenvalue weighted by Gasteiger charge is 2.33. The van der Waals surface area contributed by atoms with Crippen LogP contribution in [0.25, 0.3) is 0 Å². The molecular weight excluding hydrogens is 392 g/mol. The normalized spacial score (nSPS) is 13.6. The fraction of sp³-hybridized carbons (Fsp3) is 0.250. The summed E-state index contributed by atoms with van der Waals surface area (Å²) >= 11 is 0. The fourth-order valence-electron chi connectivity index (χ4n) is 2.29. The standard InChI is InChI=1S/C16H15N4O7S/c1-24-11-8-13(18-14(9-11)25-2)20(10-21)28(22,23)16-12(4-3-5-17-16)15-19-27-7-6-26-15/h3-5,8-9H,6-7H2,1-2H3. The predicted octanol–water partition coefficient (Wildman–Crippen LogP) is 0.465. The molecule has 1 amide bonds. The number of aromatic nitrogens is 2. The average Bonchev–Trinajstić information content (AvgIpc) is 2.74. The van der Waals surface area contributed by atoms with E-state index in [0.717, 1.165) is 0 Å². The van der Waals surface area contributed by atoms with Gasteiger partial charge in [0.05, 0.1) is 19.8 Å². The highest BCUT2D eigenvalue weighted by Crippen LogP contribution is 2.28. The van der Waals surface area contributed by atoms with E-state index in [1.54, 1.807) is 0 Å². The number of methoxy groups -OCH3 is 2. The van der Waals surface area contributed by atoms with Crippen LogP contribution >= 0.6 is 0 Å². The molecule has 0 bridgehead atoms. The number of sulfonamides is 1. The van der Waals surface area contributed by atoms with Crippen LogP contribution in [-0.4, -0.2) is 58.1 Å². The lowest BCUT2D eigenvalue weighted by Crippen LogP contribution is -2.33. The second kappa shape index (κ2) is 8.08. The van der Waals surface area contributed by atoms with Crippen LogP contribution in [0.4, 0.5) is 5.82 Å². The molecule has 0 saturated heterocycles. The van der Waals surface area contributed by atoms with E-state index in [-0.39, 0.29) is 42.1 Å². The second-order valence-electron chi connectivity index (χ2n) is 5.20. The van der Waals surface area contributed by atoms with E-state index in [1.807, 2.05) is 0 Å². The lowest BCUT2D eigenvalue weighted by atomic mass is 10.3. The van der Waals surface area contributed by atoms with Crippen molar-refractivity contribution in [3.8, 4) is 11.6 Å². The zero-order valence-corrected chi connectivity index (χ0v) is 15.7. The minimum atomic E-state index is -4.53. The van der Waals surface area contributed by atoms with Crippen molar-refractivity contribution in [1.82, 2.24) is 9.97 Å². The SMILES string of the molecule is COc1cc(OC)nc(N([C]=O)S(=O)(=O)c2ncccc2C2=NOCCO2)c1. The molecule has 12 heteroatoms. The Balaban J connectivity index is 2.12. The Morgan fingerprint density at radius 2 is 2.04 bits per heavy atom. The Morgan fingerprint density at radius 3 is 2.68 bits per heavy atom. The number of rotatable bonds is 7. The highest BCUT2D eigenvalue weighted by molar-refractivity contribution is 7.93. The first-order valence-electron chi connectivity index (χ1n) is 7.82. The van der Waals surface area contributed by atoms with Gasteiger partial charge in [-0.1, -0.05) is 0 Å². The molecule has 0 unspecified atom stereocenters. The third-order valence-electron chi connectivity index (χ3n) is 3.54. The van der Waals surface area contributed by atoms with E-state index in [0.29, 0.717) is 4.31 Å². The third-order valence-corrected chi connectivity index (χ3v) is 5.10. The molecule has 1 aliphatic heterocycles. The van der Waals surface area contributed by atoms with Crippen LogP contribution in [-0.2, 0) is 24.4 Å². The molecule has 2 aromatic rings. The molecular formula is C16H15N4O7S. The van der Waals surface area contributed by atoms with Crippen LogP contribution in [0.2, 0.25) is 0 Å². The van der Waals surface area contributed by atoms with Gasteiger partial charge in [-0.3, -0.25) is 4.79 Å². The van der Waals surface area contributed by atoms with E-state index in [9.17, 15) is 13.2 Å². The van der Waals surface area contributed by atoms with Crippen LogP contribution in [0.3, 0.4) is 0 Å². The number of nitrogens with zero attached hydrogens (tertiary/aromatic N) is 4. The molecule has 0 atom stereocenters. The molecule has 2 aromatic heterocycles. The summed E-state index contributed by atoms with van der Waals surface area (Å²) in [6, 6.07) is 5.59. The zero-order chi connectivity index (χ0) is 20.1. The Kier molecular flexibility index (Phi) is 5.59. The molecule has 0 saturated carbocycles. The number of hydrogen-bond donors (Lipinski definition) is 0. The molecule has 1 aliphatic rings. The van der Waals surface area contributed by atoms with Gasteiger partial charge in [0, 0.05) is 18.3 Å². The Bertz CT molecular complexity index is 988. The van der Waals surface area contributed by atoms with Crippen molar-refractivity contribution >= 4 is 28.1 Å². The molecule has 0 aliphatic carbocycles. The first-order valence-corrected chi connectivity index (χ1v) is 9.26. The second-order valence-corrected chi connectivity index (χ2v) is 6.90. The van der Waals surface area contributed by atoms with Crippen LogP contribution in [0.5, 0.6) is 11.6 Å². The summed E-state index contributed by atoms with van der Waals surface area (Å²) in [6.45, 7) is 0.416. The van der Waals surface area contributed by atoms with E-state index >= 15 is 0 Å². The van der Waals surface area contributed by atoms with Crippen LogP contribution in [0, 0.1) is 0 Å². The summed E-state index contributed by atoms with van der Waals surface area (Å²) in [5, 5.41) is 3.22. The maximum absolute atomic E-state index is 13.2. The summed E-state index contributed by atoms with van der Waals surface area (Å²) in [5.74, 6) is -0.0862. The van der Waals surface area contributed by atoms with Crippen LogP contribution < -0.4 is 13.8 Å². The van der Waals surface area contributed by atoms with E-state index < -0.39 is 15.0 Å². The molecule has 0 spiro atoms. The summed E-state index contributed by atoms with van der Waals surface area (Å²) in [7, 11) is -1.82. The summed E-state index contributed by atoms with van der Waals surface area (Å²) in [5.41, 5.74) is 0.0253. The maximum atomic E-state index is 13.2. The summed E-state index contributed by atoms with van der Waals surface area (Å²) in [6.07, 6.45) is 2.61. The zero-order valence-electron chi connectivity index (χ0n) is 14.9. The summed E-state index contributed by atoms with van der Waals surface area (Å²) < 4.78 is 42.1. The molecule has 3 heterocycles.